The molecule has 0 aliphatic carbocycles. The summed E-state index contributed by atoms with van der Waals surface area (Å²) in [4.78, 5) is 13.7. The molecule has 2 amide bonds. The van der Waals surface area contributed by atoms with E-state index in [0.29, 0.717) is 10.8 Å². The average molecular weight is 444 g/mol. The molecule has 0 bridgehead atoms. The number of aromatic nitrogens is 3. The van der Waals surface area contributed by atoms with Gasteiger partial charge in [-0.1, -0.05) is 53.7 Å². The van der Waals surface area contributed by atoms with Crippen molar-refractivity contribution in [2.24, 2.45) is 0 Å². The number of aryl methyl sites for hydroxylation is 2. The Morgan fingerprint density at radius 2 is 1.90 bits per heavy atom. The van der Waals surface area contributed by atoms with Crippen LogP contribution in [0.25, 0.3) is 5.69 Å². The summed E-state index contributed by atoms with van der Waals surface area (Å²) in [5, 5.41) is 13.2. The molecule has 158 valence electrons. The molecular weight excluding hydrogens is 418 g/mol. The van der Waals surface area contributed by atoms with Crippen molar-refractivity contribution < 1.29 is 4.79 Å². The molecule has 1 heterocycles. The summed E-state index contributed by atoms with van der Waals surface area (Å²) in [5.41, 5.74) is 4.43. The van der Waals surface area contributed by atoms with Gasteiger partial charge in [-0.25, -0.2) is 4.79 Å². The number of nitrogens with zero attached hydrogens (tertiary/aromatic N) is 4. The molecular formula is C22H26ClN5OS. The Hall–Kier alpha value is -2.51. The molecule has 1 aromatic heterocycles. The standard InChI is InChI=1S/C22H26ClN5OS/c1-14-8-6-7-9-17(14)13-30-22-26-25-20(16(3)24-21(29)27(4)5)28(22)19-12-18(23)11-10-15(19)2/h6-12,16H,13H2,1-5H3,(H,24,29). The Morgan fingerprint density at radius 1 is 1.17 bits per heavy atom. The van der Waals surface area contributed by atoms with E-state index >= 15 is 0 Å². The molecule has 0 aliphatic rings. The fourth-order valence-electron chi connectivity index (χ4n) is 3.00. The molecule has 2 aromatic carbocycles. The van der Waals surface area contributed by atoms with Crippen molar-refractivity contribution in [3.8, 4) is 5.69 Å². The summed E-state index contributed by atoms with van der Waals surface area (Å²) in [6, 6.07) is 13.5. The molecule has 30 heavy (non-hydrogen) atoms. The number of carbonyl (C=O) groups excluding carboxylic acids is 1. The van der Waals surface area contributed by atoms with Gasteiger partial charge in [0.25, 0.3) is 0 Å². The van der Waals surface area contributed by atoms with Gasteiger partial charge in [0, 0.05) is 24.9 Å². The lowest BCUT2D eigenvalue weighted by Crippen LogP contribution is -2.37. The van der Waals surface area contributed by atoms with Gasteiger partial charge in [0.15, 0.2) is 11.0 Å². The van der Waals surface area contributed by atoms with Gasteiger partial charge in [0.1, 0.15) is 0 Å². The number of carbonyl (C=O) groups is 1. The number of halogens is 1. The van der Waals surface area contributed by atoms with E-state index in [4.69, 9.17) is 11.6 Å². The van der Waals surface area contributed by atoms with Gasteiger partial charge in [-0.3, -0.25) is 4.57 Å². The van der Waals surface area contributed by atoms with E-state index in [1.165, 1.54) is 16.0 Å². The molecule has 8 heteroatoms. The maximum atomic E-state index is 12.2. The first-order valence-corrected chi connectivity index (χ1v) is 11.0. The third-order valence-corrected chi connectivity index (χ3v) is 6.03. The Balaban J connectivity index is 2.00. The van der Waals surface area contributed by atoms with Crippen LogP contribution in [0.5, 0.6) is 0 Å². The summed E-state index contributed by atoms with van der Waals surface area (Å²) in [7, 11) is 3.41. The smallest absolute Gasteiger partial charge is 0.317 e. The number of thioether (sulfide) groups is 1. The van der Waals surface area contributed by atoms with Crippen LogP contribution in [0.3, 0.4) is 0 Å². The number of nitrogens with one attached hydrogen (secondary N) is 1. The van der Waals surface area contributed by atoms with Crippen molar-refractivity contribution in [1.82, 2.24) is 25.0 Å². The average Bonchev–Trinajstić information content (AvgIpc) is 3.13. The van der Waals surface area contributed by atoms with Gasteiger partial charge < -0.3 is 10.2 Å². The maximum Gasteiger partial charge on any atom is 0.317 e. The molecule has 3 rings (SSSR count). The predicted octanol–water partition coefficient (Wildman–Crippen LogP) is 5.16. The molecule has 0 saturated heterocycles. The zero-order chi connectivity index (χ0) is 21.8. The Bertz CT molecular complexity index is 1050. The molecule has 0 aliphatic heterocycles. The highest BCUT2D eigenvalue weighted by atomic mass is 35.5. The van der Waals surface area contributed by atoms with Crippen molar-refractivity contribution in [2.75, 3.05) is 14.1 Å². The first-order chi connectivity index (χ1) is 14.3. The first kappa shape index (κ1) is 22.2. The number of amides is 2. The Kier molecular flexibility index (Phi) is 7.05. The van der Waals surface area contributed by atoms with Crippen LogP contribution in [0.2, 0.25) is 5.02 Å². The van der Waals surface area contributed by atoms with Crippen molar-refractivity contribution in [1.29, 1.82) is 0 Å². The lowest BCUT2D eigenvalue weighted by Gasteiger charge is -2.20. The van der Waals surface area contributed by atoms with Crippen molar-refractivity contribution >= 4 is 29.4 Å². The van der Waals surface area contributed by atoms with E-state index in [2.05, 4.69) is 34.6 Å². The molecule has 6 nitrogen and oxygen atoms in total. The highest BCUT2D eigenvalue weighted by Crippen LogP contribution is 2.30. The van der Waals surface area contributed by atoms with Crippen LogP contribution in [-0.2, 0) is 5.75 Å². The highest BCUT2D eigenvalue weighted by molar-refractivity contribution is 7.98. The minimum Gasteiger partial charge on any atom is -0.331 e. The number of urea groups is 1. The van der Waals surface area contributed by atoms with Crippen molar-refractivity contribution in [2.45, 2.75) is 37.7 Å². The molecule has 0 spiro atoms. The van der Waals surface area contributed by atoms with Gasteiger partial charge in [0.2, 0.25) is 0 Å². The second-order valence-corrected chi connectivity index (χ2v) is 8.77. The van der Waals surface area contributed by atoms with Gasteiger partial charge >= 0.3 is 6.03 Å². The minimum absolute atomic E-state index is 0.186. The summed E-state index contributed by atoms with van der Waals surface area (Å²) in [6.45, 7) is 6.03. The quantitative estimate of drug-likeness (QED) is 0.534. The maximum absolute atomic E-state index is 12.2. The SMILES string of the molecule is Cc1ccccc1CSc1nnc(C(C)NC(=O)N(C)C)n1-c1cc(Cl)ccc1C. The van der Waals surface area contributed by atoms with Crippen molar-refractivity contribution in [3.63, 3.8) is 0 Å². The third kappa shape index (κ3) is 4.96. The van der Waals surface area contributed by atoms with Crippen LogP contribution in [-0.4, -0.2) is 39.8 Å². The number of hydrogen-bond acceptors (Lipinski definition) is 4. The van der Waals surface area contributed by atoms with Crippen LogP contribution >= 0.6 is 23.4 Å². The molecule has 0 radical (unpaired) electrons. The number of benzene rings is 2. The summed E-state index contributed by atoms with van der Waals surface area (Å²) < 4.78 is 1.99. The van der Waals surface area contributed by atoms with E-state index in [1.54, 1.807) is 25.9 Å². The zero-order valence-electron chi connectivity index (χ0n) is 17.8. The topological polar surface area (TPSA) is 63.1 Å². The molecule has 1 atom stereocenters. The number of rotatable bonds is 6. The number of hydrogen-bond donors (Lipinski definition) is 1. The Labute approximate surface area is 186 Å². The van der Waals surface area contributed by atoms with Gasteiger partial charge in [-0.15, -0.1) is 10.2 Å². The van der Waals surface area contributed by atoms with Crippen LogP contribution < -0.4 is 5.32 Å². The highest BCUT2D eigenvalue weighted by Gasteiger charge is 2.22. The monoisotopic (exact) mass is 443 g/mol. The minimum atomic E-state index is -0.335. The van der Waals surface area contributed by atoms with E-state index < -0.39 is 0 Å². The third-order valence-electron chi connectivity index (χ3n) is 4.82. The normalized spacial score (nSPS) is 11.9. The van der Waals surface area contributed by atoms with E-state index in [1.807, 2.05) is 48.7 Å². The summed E-state index contributed by atoms with van der Waals surface area (Å²) >= 11 is 7.91. The fourth-order valence-corrected chi connectivity index (χ4v) is 4.19. The van der Waals surface area contributed by atoms with Crippen LogP contribution in [0.1, 0.15) is 35.5 Å². The van der Waals surface area contributed by atoms with Gasteiger partial charge in [-0.2, -0.15) is 0 Å². The van der Waals surface area contributed by atoms with E-state index in [0.717, 1.165) is 22.2 Å². The molecule has 0 saturated carbocycles. The zero-order valence-corrected chi connectivity index (χ0v) is 19.4. The lowest BCUT2D eigenvalue weighted by molar-refractivity contribution is 0.213. The molecule has 0 fully saturated rings. The largest absolute Gasteiger partial charge is 0.331 e. The van der Waals surface area contributed by atoms with E-state index in [9.17, 15) is 4.79 Å². The van der Waals surface area contributed by atoms with Gasteiger partial charge in [0.05, 0.1) is 11.7 Å². The predicted molar refractivity (Wildman–Crippen MR) is 122 cm³/mol. The first-order valence-electron chi connectivity index (χ1n) is 9.65. The molecule has 1 N–H and O–H groups in total. The fraction of sp³-hybridized carbons (Fsp3) is 0.318. The Morgan fingerprint density at radius 3 is 2.60 bits per heavy atom. The molecule has 1 unspecified atom stereocenters. The van der Waals surface area contributed by atoms with E-state index in [-0.39, 0.29) is 12.1 Å². The summed E-state index contributed by atoms with van der Waals surface area (Å²) in [5.74, 6) is 1.42. The lowest BCUT2D eigenvalue weighted by atomic mass is 10.1. The second kappa shape index (κ2) is 9.53. The van der Waals surface area contributed by atoms with Crippen LogP contribution in [0, 0.1) is 13.8 Å². The van der Waals surface area contributed by atoms with Crippen molar-refractivity contribution in [3.05, 3.63) is 70.0 Å². The van der Waals surface area contributed by atoms with Crippen LogP contribution in [0.15, 0.2) is 47.6 Å². The second-order valence-electron chi connectivity index (χ2n) is 7.39. The van der Waals surface area contributed by atoms with Crippen LogP contribution in [0.4, 0.5) is 4.79 Å². The summed E-state index contributed by atoms with van der Waals surface area (Å²) in [6.07, 6.45) is 0. The van der Waals surface area contributed by atoms with Gasteiger partial charge in [-0.05, 0) is 49.6 Å². The molecule has 3 aromatic rings.